The van der Waals surface area contributed by atoms with E-state index in [0.717, 1.165) is 5.56 Å². The fourth-order valence-electron chi connectivity index (χ4n) is 2.71. The van der Waals surface area contributed by atoms with Crippen molar-refractivity contribution in [1.82, 2.24) is 9.80 Å². The SMILES string of the molecule is CC(C)(C)OC(=O)N1CCN(Cc2ccccc2)CC(C(=O)O)C1. The fourth-order valence-corrected chi connectivity index (χ4v) is 2.71. The Morgan fingerprint density at radius 1 is 1.17 bits per heavy atom. The number of amides is 1. The van der Waals surface area contributed by atoms with Gasteiger partial charge in [-0.05, 0) is 26.3 Å². The monoisotopic (exact) mass is 334 g/mol. The van der Waals surface area contributed by atoms with Gasteiger partial charge in [-0.15, -0.1) is 0 Å². The molecule has 1 atom stereocenters. The molecule has 2 rings (SSSR count). The molecule has 0 spiro atoms. The van der Waals surface area contributed by atoms with Crippen LogP contribution in [0.5, 0.6) is 0 Å². The lowest BCUT2D eigenvalue weighted by Crippen LogP contribution is -2.41. The number of carboxylic acid groups (broad SMARTS) is 1. The first-order chi connectivity index (χ1) is 11.2. The molecule has 6 nitrogen and oxygen atoms in total. The Morgan fingerprint density at radius 3 is 2.42 bits per heavy atom. The largest absolute Gasteiger partial charge is 0.481 e. The summed E-state index contributed by atoms with van der Waals surface area (Å²) < 4.78 is 5.39. The number of benzene rings is 1. The Balaban J connectivity index is 2.06. The van der Waals surface area contributed by atoms with E-state index in [4.69, 9.17) is 4.74 Å². The van der Waals surface area contributed by atoms with Crippen LogP contribution in [0.3, 0.4) is 0 Å². The quantitative estimate of drug-likeness (QED) is 0.919. The Bertz CT molecular complexity index is 568. The van der Waals surface area contributed by atoms with E-state index in [1.807, 2.05) is 30.3 Å². The summed E-state index contributed by atoms with van der Waals surface area (Å²) in [6.07, 6.45) is -0.449. The number of rotatable bonds is 3. The molecule has 0 saturated carbocycles. The first kappa shape index (κ1) is 18.3. The van der Waals surface area contributed by atoms with E-state index < -0.39 is 23.6 Å². The molecule has 1 amide bonds. The summed E-state index contributed by atoms with van der Waals surface area (Å²) in [7, 11) is 0. The van der Waals surface area contributed by atoms with Crippen LogP contribution in [0.4, 0.5) is 4.79 Å². The molecule has 1 heterocycles. The summed E-state index contributed by atoms with van der Waals surface area (Å²) in [5.74, 6) is -1.51. The molecule has 1 saturated heterocycles. The Labute approximate surface area is 143 Å². The van der Waals surface area contributed by atoms with Crippen molar-refractivity contribution in [1.29, 1.82) is 0 Å². The smallest absolute Gasteiger partial charge is 0.410 e. The highest BCUT2D eigenvalue weighted by atomic mass is 16.6. The van der Waals surface area contributed by atoms with Gasteiger partial charge in [0.05, 0.1) is 5.92 Å². The average Bonchev–Trinajstić information content (AvgIpc) is 2.69. The maximum absolute atomic E-state index is 12.3. The molecule has 24 heavy (non-hydrogen) atoms. The molecule has 132 valence electrons. The number of carbonyl (C=O) groups is 2. The summed E-state index contributed by atoms with van der Waals surface area (Å²) >= 11 is 0. The van der Waals surface area contributed by atoms with Crippen molar-refractivity contribution < 1.29 is 19.4 Å². The van der Waals surface area contributed by atoms with Crippen molar-refractivity contribution in [2.45, 2.75) is 32.9 Å². The normalized spacial score (nSPS) is 19.6. The van der Waals surface area contributed by atoms with Crippen LogP contribution < -0.4 is 0 Å². The first-order valence-corrected chi connectivity index (χ1v) is 8.21. The summed E-state index contributed by atoms with van der Waals surface area (Å²) in [6.45, 7) is 7.77. The molecule has 6 heteroatoms. The molecule has 0 bridgehead atoms. The number of aliphatic carboxylic acids is 1. The Kier molecular flexibility index (Phi) is 5.83. The highest BCUT2D eigenvalue weighted by Crippen LogP contribution is 2.16. The van der Waals surface area contributed by atoms with E-state index in [2.05, 4.69) is 4.90 Å². The van der Waals surface area contributed by atoms with E-state index in [0.29, 0.717) is 26.2 Å². The first-order valence-electron chi connectivity index (χ1n) is 8.21. The van der Waals surface area contributed by atoms with Gasteiger partial charge in [-0.25, -0.2) is 4.79 Å². The molecule has 1 aliphatic rings. The van der Waals surface area contributed by atoms with Gasteiger partial charge in [0.15, 0.2) is 0 Å². The van der Waals surface area contributed by atoms with Gasteiger partial charge in [0.1, 0.15) is 5.60 Å². The molecular weight excluding hydrogens is 308 g/mol. The van der Waals surface area contributed by atoms with Crippen molar-refractivity contribution in [3.63, 3.8) is 0 Å². The predicted octanol–water partition coefficient (Wildman–Crippen LogP) is 2.44. The predicted molar refractivity (Wildman–Crippen MR) is 90.7 cm³/mol. The molecule has 0 aromatic heterocycles. The third-order valence-electron chi connectivity index (χ3n) is 3.86. The number of carboxylic acids is 1. The van der Waals surface area contributed by atoms with Gasteiger partial charge < -0.3 is 14.7 Å². The van der Waals surface area contributed by atoms with Crippen LogP contribution in [0.15, 0.2) is 30.3 Å². The molecule has 0 aliphatic carbocycles. The topological polar surface area (TPSA) is 70.1 Å². The number of carbonyl (C=O) groups excluding carboxylic acids is 1. The maximum atomic E-state index is 12.3. The second-order valence-corrected chi connectivity index (χ2v) is 7.18. The Hall–Kier alpha value is -2.08. The zero-order valence-corrected chi connectivity index (χ0v) is 14.6. The van der Waals surface area contributed by atoms with Crippen LogP contribution in [0, 0.1) is 5.92 Å². The Morgan fingerprint density at radius 2 is 1.83 bits per heavy atom. The second-order valence-electron chi connectivity index (χ2n) is 7.18. The van der Waals surface area contributed by atoms with Gasteiger partial charge in [-0.3, -0.25) is 9.69 Å². The number of ether oxygens (including phenoxy) is 1. The van der Waals surface area contributed by atoms with Gasteiger partial charge in [-0.2, -0.15) is 0 Å². The van der Waals surface area contributed by atoms with E-state index in [1.54, 1.807) is 20.8 Å². The van der Waals surface area contributed by atoms with E-state index in [9.17, 15) is 14.7 Å². The van der Waals surface area contributed by atoms with E-state index >= 15 is 0 Å². The lowest BCUT2D eigenvalue weighted by atomic mass is 10.1. The number of nitrogens with zero attached hydrogens (tertiary/aromatic N) is 2. The van der Waals surface area contributed by atoms with Crippen LogP contribution in [0.2, 0.25) is 0 Å². The summed E-state index contributed by atoms with van der Waals surface area (Å²) in [5, 5.41) is 9.47. The molecule has 1 aromatic rings. The fraction of sp³-hybridized carbons (Fsp3) is 0.556. The van der Waals surface area contributed by atoms with Crippen molar-refractivity contribution in [3.8, 4) is 0 Å². The number of hydrogen-bond donors (Lipinski definition) is 1. The van der Waals surface area contributed by atoms with Crippen molar-refractivity contribution >= 4 is 12.1 Å². The molecule has 0 radical (unpaired) electrons. The third-order valence-corrected chi connectivity index (χ3v) is 3.86. The molecule has 1 N–H and O–H groups in total. The lowest BCUT2D eigenvalue weighted by molar-refractivity contribution is -0.142. The average molecular weight is 334 g/mol. The zero-order valence-electron chi connectivity index (χ0n) is 14.6. The minimum absolute atomic E-state index is 0.176. The van der Waals surface area contributed by atoms with Crippen LogP contribution in [-0.2, 0) is 16.1 Å². The van der Waals surface area contributed by atoms with Gasteiger partial charge >= 0.3 is 12.1 Å². The zero-order chi connectivity index (χ0) is 17.7. The molecule has 1 aliphatic heterocycles. The van der Waals surface area contributed by atoms with Crippen molar-refractivity contribution in [2.24, 2.45) is 5.92 Å². The van der Waals surface area contributed by atoms with Gasteiger partial charge in [0.2, 0.25) is 0 Å². The van der Waals surface area contributed by atoms with Gasteiger partial charge in [0, 0.05) is 32.7 Å². The summed E-state index contributed by atoms with van der Waals surface area (Å²) in [6, 6.07) is 9.93. The molecular formula is C18H26N2O4. The number of hydrogen-bond acceptors (Lipinski definition) is 4. The minimum Gasteiger partial charge on any atom is -0.481 e. The van der Waals surface area contributed by atoms with E-state index in [1.165, 1.54) is 4.90 Å². The van der Waals surface area contributed by atoms with Gasteiger partial charge in [-0.1, -0.05) is 30.3 Å². The highest BCUT2D eigenvalue weighted by molar-refractivity contribution is 5.73. The second kappa shape index (κ2) is 7.66. The van der Waals surface area contributed by atoms with E-state index in [-0.39, 0.29) is 6.54 Å². The van der Waals surface area contributed by atoms with Crippen LogP contribution >= 0.6 is 0 Å². The standard InChI is InChI=1S/C18H26N2O4/c1-18(2,3)24-17(23)20-10-9-19(12-15(13-20)16(21)22)11-14-7-5-4-6-8-14/h4-8,15H,9-13H2,1-3H3,(H,21,22). The highest BCUT2D eigenvalue weighted by Gasteiger charge is 2.32. The van der Waals surface area contributed by atoms with Gasteiger partial charge in [0.25, 0.3) is 0 Å². The van der Waals surface area contributed by atoms with Crippen molar-refractivity contribution in [3.05, 3.63) is 35.9 Å². The molecule has 1 aromatic carbocycles. The maximum Gasteiger partial charge on any atom is 0.410 e. The minimum atomic E-state index is -0.886. The lowest BCUT2D eigenvalue weighted by Gasteiger charge is -2.27. The molecule has 1 fully saturated rings. The summed E-state index contributed by atoms with van der Waals surface area (Å²) in [5.41, 5.74) is 0.540. The molecule has 1 unspecified atom stereocenters. The van der Waals surface area contributed by atoms with Crippen molar-refractivity contribution in [2.75, 3.05) is 26.2 Å². The van der Waals surface area contributed by atoms with Crippen LogP contribution in [0.1, 0.15) is 26.3 Å². The van der Waals surface area contributed by atoms with Crippen LogP contribution in [0.25, 0.3) is 0 Å². The summed E-state index contributed by atoms with van der Waals surface area (Å²) in [4.78, 5) is 27.4. The van der Waals surface area contributed by atoms with Crippen LogP contribution in [-0.4, -0.2) is 58.7 Å². The third kappa shape index (κ3) is 5.53.